The Bertz CT molecular complexity index is 782. The van der Waals surface area contributed by atoms with Gasteiger partial charge in [-0.1, -0.05) is 11.6 Å². The first kappa shape index (κ1) is 19.2. The summed E-state index contributed by atoms with van der Waals surface area (Å²) >= 11 is 5.85. The van der Waals surface area contributed by atoms with Crippen molar-refractivity contribution in [2.75, 3.05) is 19.7 Å². The van der Waals surface area contributed by atoms with Crippen molar-refractivity contribution in [1.29, 1.82) is 0 Å². The van der Waals surface area contributed by atoms with Crippen molar-refractivity contribution in [3.8, 4) is 5.75 Å². The Kier molecular flexibility index (Phi) is 6.35. The fourth-order valence-corrected chi connectivity index (χ4v) is 3.27. The molecule has 2 amide bonds. The van der Waals surface area contributed by atoms with Crippen LogP contribution in [0.2, 0.25) is 5.02 Å². The van der Waals surface area contributed by atoms with E-state index in [0.29, 0.717) is 35.8 Å². The van der Waals surface area contributed by atoms with Gasteiger partial charge >= 0.3 is 0 Å². The quantitative estimate of drug-likeness (QED) is 0.850. The number of amides is 2. The van der Waals surface area contributed by atoms with Gasteiger partial charge in [-0.15, -0.1) is 0 Å². The third kappa shape index (κ3) is 5.01. The van der Waals surface area contributed by atoms with Crippen molar-refractivity contribution in [2.24, 2.45) is 0 Å². The lowest BCUT2D eigenvalue weighted by molar-refractivity contribution is 0.0698. The molecule has 0 saturated carbocycles. The molecule has 0 bridgehead atoms. The minimum Gasteiger partial charge on any atom is -0.494 e. The highest BCUT2D eigenvalue weighted by Gasteiger charge is 2.24. The lowest BCUT2D eigenvalue weighted by Gasteiger charge is -2.32. The van der Waals surface area contributed by atoms with Crippen molar-refractivity contribution in [3.05, 3.63) is 64.7 Å². The minimum atomic E-state index is -0.108. The molecule has 2 aromatic carbocycles. The molecule has 0 radical (unpaired) electrons. The number of carbonyl (C=O) groups is 2. The van der Waals surface area contributed by atoms with Gasteiger partial charge in [0, 0.05) is 35.3 Å². The Morgan fingerprint density at radius 2 is 1.63 bits per heavy atom. The summed E-state index contributed by atoms with van der Waals surface area (Å²) in [5.74, 6) is 0.668. The number of likely N-dealkylation sites (tertiary alicyclic amines) is 1. The van der Waals surface area contributed by atoms with E-state index in [-0.39, 0.29) is 17.9 Å². The van der Waals surface area contributed by atoms with Crippen LogP contribution in [0, 0.1) is 0 Å². The topological polar surface area (TPSA) is 58.6 Å². The SMILES string of the molecule is CCOc1ccc(C(=O)N2CCC(NC(=O)c3ccc(Cl)cc3)CC2)cc1. The van der Waals surface area contributed by atoms with Crippen molar-refractivity contribution in [3.63, 3.8) is 0 Å². The molecule has 0 aromatic heterocycles. The van der Waals surface area contributed by atoms with Crippen LogP contribution in [0.3, 0.4) is 0 Å². The summed E-state index contributed by atoms with van der Waals surface area (Å²) in [6, 6.07) is 14.1. The highest BCUT2D eigenvalue weighted by Crippen LogP contribution is 2.18. The van der Waals surface area contributed by atoms with Gasteiger partial charge in [0.25, 0.3) is 11.8 Å². The molecule has 1 N–H and O–H groups in total. The van der Waals surface area contributed by atoms with E-state index in [9.17, 15) is 9.59 Å². The van der Waals surface area contributed by atoms with Gasteiger partial charge in [-0.2, -0.15) is 0 Å². The molecular formula is C21H23ClN2O3. The molecular weight excluding hydrogens is 364 g/mol. The molecule has 6 heteroatoms. The molecule has 0 atom stereocenters. The number of nitrogens with one attached hydrogen (secondary N) is 1. The maximum Gasteiger partial charge on any atom is 0.253 e. The van der Waals surface area contributed by atoms with Crippen LogP contribution in [0.5, 0.6) is 5.75 Å². The number of carbonyl (C=O) groups excluding carboxylic acids is 2. The van der Waals surface area contributed by atoms with E-state index in [2.05, 4.69) is 5.32 Å². The molecule has 5 nitrogen and oxygen atoms in total. The molecule has 1 aliphatic heterocycles. The Morgan fingerprint density at radius 3 is 2.22 bits per heavy atom. The summed E-state index contributed by atoms with van der Waals surface area (Å²) in [6.07, 6.45) is 1.48. The second-order valence-corrected chi connectivity index (χ2v) is 6.94. The normalized spacial score (nSPS) is 14.7. The Hall–Kier alpha value is -2.53. The van der Waals surface area contributed by atoms with E-state index >= 15 is 0 Å². The number of rotatable bonds is 5. The molecule has 2 aromatic rings. The van der Waals surface area contributed by atoms with E-state index in [0.717, 1.165) is 18.6 Å². The number of hydrogen-bond donors (Lipinski definition) is 1. The van der Waals surface area contributed by atoms with Crippen LogP contribution < -0.4 is 10.1 Å². The first-order valence-corrected chi connectivity index (χ1v) is 9.53. The largest absolute Gasteiger partial charge is 0.494 e. The van der Waals surface area contributed by atoms with E-state index in [1.165, 1.54) is 0 Å². The fraction of sp³-hybridized carbons (Fsp3) is 0.333. The molecule has 1 aliphatic rings. The maximum atomic E-state index is 12.6. The van der Waals surface area contributed by atoms with Gasteiger partial charge in [-0.05, 0) is 68.3 Å². The minimum absolute atomic E-state index is 0.0144. The highest BCUT2D eigenvalue weighted by molar-refractivity contribution is 6.30. The van der Waals surface area contributed by atoms with Gasteiger partial charge in [0.05, 0.1) is 6.61 Å². The highest BCUT2D eigenvalue weighted by atomic mass is 35.5. The average molecular weight is 387 g/mol. The zero-order chi connectivity index (χ0) is 19.2. The predicted octanol–water partition coefficient (Wildman–Crippen LogP) is 3.77. The van der Waals surface area contributed by atoms with Crippen LogP contribution in [-0.4, -0.2) is 42.5 Å². The number of nitrogens with zero attached hydrogens (tertiary/aromatic N) is 1. The van der Waals surface area contributed by atoms with Crippen LogP contribution in [0.4, 0.5) is 0 Å². The van der Waals surface area contributed by atoms with Gasteiger partial charge in [0.1, 0.15) is 5.75 Å². The molecule has 1 fully saturated rings. The van der Waals surface area contributed by atoms with Crippen LogP contribution in [0.1, 0.15) is 40.5 Å². The molecule has 27 heavy (non-hydrogen) atoms. The van der Waals surface area contributed by atoms with E-state index in [1.807, 2.05) is 24.0 Å². The second-order valence-electron chi connectivity index (χ2n) is 6.50. The monoisotopic (exact) mass is 386 g/mol. The smallest absolute Gasteiger partial charge is 0.253 e. The average Bonchev–Trinajstić information content (AvgIpc) is 2.69. The van der Waals surface area contributed by atoms with Gasteiger partial charge in [-0.25, -0.2) is 0 Å². The predicted molar refractivity (Wildman–Crippen MR) is 105 cm³/mol. The van der Waals surface area contributed by atoms with Crippen molar-refractivity contribution in [2.45, 2.75) is 25.8 Å². The number of benzene rings is 2. The number of hydrogen-bond acceptors (Lipinski definition) is 3. The third-order valence-electron chi connectivity index (χ3n) is 4.64. The molecule has 1 saturated heterocycles. The fourth-order valence-electron chi connectivity index (χ4n) is 3.14. The lowest BCUT2D eigenvalue weighted by atomic mass is 10.0. The van der Waals surface area contributed by atoms with Crippen molar-refractivity contribution >= 4 is 23.4 Å². The summed E-state index contributed by atoms with van der Waals surface area (Å²) in [6.45, 7) is 3.77. The lowest BCUT2D eigenvalue weighted by Crippen LogP contribution is -2.46. The first-order valence-electron chi connectivity index (χ1n) is 9.15. The summed E-state index contributed by atoms with van der Waals surface area (Å²) in [4.78, 5) is 26.8. The Balaban J connectivity index is 1.51. The molecule has 142 valence electrons. The van der Waals surface area contributed by atoms with E-state index in [4.69, 9.17) is 16.3 Å². The van der Waals surface area contributed by atoms with Crippen LogP contribution in [-0.2, 0) is 0 Å². The second kappa shape index (κ2) is 8.91. The van der Waals surface area contributed by atoms with Crippen molar-refractivity contribution < 1.29 is 14.3 Å². The first-order chi connectivity index (χ1) is 13.1. The molecule has 0 unspecified atom stereocenters. The summed E-state index contributed by atoms with van der Waals surface area (Å²) < 4.78 is 5.41. The summed E-state index contributed by atoms with van der Waals surface area (Å²) in [5.41, 5.74) is 1.24. The van der Waals surface area contributed by atoms with Crippen LogP contribution in [0.15, 0.2) is 48.5 Å². The maximum absolute atomic E-state index is 12.6. The van der Waals surface area contributed by atoms with E-state index < -0.39 is 0 Å². The molecule has 3 rings (SSSR count). The number of piperidine rings is 1. The van der Waals surface area contributed by atoms with Crippen LogP contribution in [0.25, 0.3) is 0 Å². The Morgan fingerprint density at radius 1 is 1.04 bits per heavy atom. The number of ether oxygens (including phenoxy) is 1. The zero-order valence-electron chi connectivity index (χ0n) is 15.3. The molecule has 1 heterocycles. The van der Waals surface area contributed by atoms with Crippen molar-refractivity contribution in [1.82, 2.24) is 10.2 Å². The van der Waals surface area contributed by atoms with Gasteiger partial charge < -0.3 is 15.0 Å². The van der Waals surface area contributed by atoms with E-state index in [1.54, 1.807) is 36.4 Å². The molecule has 0 spiro atoms. The van der Waals surface area contributed by atoms with Gasteiger partial charge in [0.2, 0.25) is 0 Å². The Labute approximate surface area is 164 Å². The molecule has 0 aliphatic carbocycles. The van der Waals surface area contributed by atoms with Gasteiger partial charge in [0.15, 0.2) is 0 Å². The van der Waals surface area contributed by atoms with Gasteiger partial charge in [-0.3, -0.25) is 9.59 Å². The van der Waals surface area contributed by atoms with Crippen LogP contribution >= 0.6 is 11.6 Å². The standard InChI is InChI=1S/C21H23ClN2O3/c1-2-27-19-9-5-16(6-10-19)21(26)24-13-11-18(12-14-24)23-20(25)15-3-7-17(22)8-4-15/h3-10,18H,2,11-14H2,1H3,(H,23,25). The number of halogens is 1. The summed E-state index contributed by atoms with van der Waals surface area (Å²) in [7, 11) is 0. The zero-order valence-corrected chi connectivity index (χ0v) is 16.0. The third-order valence-corrected chi connectivity index (χ3v) is 4.89. The summed E-state index contributed by atoms with van der Waals surface area (Å²) in [5, 5.41) is 3.64.